The van der Waals surface area contributed by atoms with Crippen molar-refractivity contribution >= 4 is 11.3 Å². The van der Waals surface area contributed by atoms with Crippen molar-refractivity contribution in [1.82, 2.24) is 5.32 Å². The second-order valence-corrected chi connectivity index (χ2v) is 5.10. The molecule has 0 bridgehead atoms. The Morgan fingerprint density at radius 1 is 1.38 bits per heavy atom. The molecule has 1 aromatic heterocycles. The molecule has 0 aliphatic heterocycles. The predicted molar refractivity (Wildman–Crippen MR) is 68.2 cm³/mol. The Morgan fingerprint density at radius 3 is 2.69 bits per heavy atom. The van der Waals surface area contributed by atoms with E-state index in [0.29, 0.717) is 12.0 Å². The van der Waals surface area contributed by atoms with Crippen LogP contribution in [0.3, 0.4) is 0 Å². The van der Waals surface area contributed by atoms with E-state index < -0.39 is 0 Å². The van der Waals surface area contributed by atoms with Gasteiger partial charge in [0.1, 0.15) is 5.75 Å². The molecule has 0 aromatic carbocycles. The molecule has 92 valence electrons. The van der Waals surface area contributed by atoms with Crippen molar-refractivity contribution in [3.8, 4) is 5.75 Å². The lowest BCUT2D eigenvalue weighted by Crippen LogP contribution is -2.37. The van der Waals surface area contributed by atoms with E-state index in [0.717, 1.165) is 18.9 Å². The molecule has 0 saturated heterocycles. The molecule has 0 amide bonds. The number of ether oxygens (including phenoxy) is 2. The van der Waals surface area contributed by atoms with Crippen LogP contribution in [0.15, 0.2) is 11.4 Å². The summed E-state index contributed by atoms with van der Waals surface area (Å²) in [7, 11) is 3.45. The molecule has 1 atom stereocenters. The Labute approximate surface area is 102 Å². The smallest absolute Gasteiger partial charge is 0.134 e. The van der Waals surface area contributed by atoms with Gasteiger partial charge in [-0.2, -0.15) is 0 Å². The maximum atomic E-state index is 5.28. The highest BCUT2D eigenvalue weighted by Gasteiger charge is 2.13. The van der Waals surface area contributed by atoms with Crippen LogP contribution < -0.4 is 10.1 Å². The van der Waals surface area contributed by atoms with Crippen LogP contribution in [0.2, 0.25) is 0 Å². The minimum atomic E-state index is 0.386. The standard InChI is InChI=1S/C12H21NO2S/c1-9(2)10(8-14-3)13-7-12-11(15-4)5-6-16-12/h5-6,9-10,13H,7-8H2,1-4H3. The number of thiophene rings is 1. The van der Waals surface area contributed by atoms with Crippen molar-refractivity contribution in [1.29, 1.82) is 0 Å². The van der Waals surface area contributed by atoms with Gasteiger partial charge in [-0.05, 0) is 17.4 Å². The fraction of sp³-hybridized carbons (Fsp3) is 0.667. The number of hydrogen-bond donors (Lipinski definition) is 1. The van der Waals surface area contributed by atoms with Crippen LogP contribution in [0, 0.1) is 5.92 Å². The first-order chi connectivity index (χ1) is 7.69. The zero-order valence-electron chi connectivity index (χ0n) is 10.4. The van der Waals surface area contributed by atoms with Gasteiger partial charge in [0.05, 0.1) is 18.6 Å². The first-order valence-corrected chi connectivity index (χ1v) is 6.39. The number of methoxy groups -OCH3 is 2. The third kappa shape index (κ3) is 3.77. The first kappa shape index (κ1) is 13.5. The van der Waals surface area contributed by atoms with Crippen LogP contribution in [-0.4, -0.2) is 26.9 Å². The second kappa shape index (κ2) is 6.89. The summed E-state index contributed by atoms with van der Waals surface area (Å²) in [5, 5.41) is 5.55. The molecule has 0 aliphatic carbocycles. The summed E-state index contributed by atoms with van der Waals surface area (Å²) in [4.78, 5) is 1.24. The Balaban J connectivity index is 2.48. The number of hydrogen-bond acceptors (Lipinski definition) is 4. The molecular formula is C12H21NO2S. The van der Waals surface area contributed by atoms with E-state index in [4.69, 9.17) is 9.47 Å². The van der Waals surface area contributed by atoms with Crippen LogP contribution in [-0.2, 0) is 11.3 Å². The maximum Gasteiger partial charge on any atom is 0.134 e. The lowest BCUT2D eigenvalue weighted by atomic mass is 10.1. The summed E-state index contributed by atoms with van der Waals surface area (Å²) >= 11 is 1.72. The third-order valence-corrected chi connectivity index (χ3v) is 3.50. The molecule has 0 aliphatic rings. The van der Waals surface area contributed by atoms with Crippen LogP contribution in [0.4, 0.5) is 0 Å². The van der Waals surface area contributed by atoms with Gasteiger partial charge in [-0.15, -0.1) is 11.3 Å². The van der Waals surface area contributed by atoms with E-state index in [1.54, 1.807) is 25.6 Å². The molecule has 1 N–H and O–H groups in total. The maximum absolute atomic E-state index is 5.28. The Kier molecular flexibility index (Phi) is 5.80. The molecule has 1 heterocycles. The zero-order chi connectivity index (χ0) is 12.0. The quantitative estimate of drug-likeness (QED) is 0.798. The van der Waals surface area contributed by atoms with Crippen LogP contribution in [0.25, 0.3) is 0 Å². The average molecular weight is 243 g/mol. The van der Waals surface area contributed by atoms with Crippen LogP contribution in [0.5, 0.6) is 5.75 Å². The minimum Gasteiger partial charge on any atom is -0.496 e. The highest BCUT2D eigenvalue weighted by molar-refractivity contribution is 7.10. The van der Waals surface area contributed by atoms with E-state index in [1.165, 1.54) is 4.88 Å². The van der Waals surface area contributed by atoms with Crippen LogP contribution >= 0.6 is 11.3 Å². The normalized spacial score (nSPS) is 13.1. The van der Waals surface area contributed by atoms with Gasteiger partial charge in [-0.25, -0.2) is 0 Å². The highest BCUT2D eigenvalue weighted by atomic mass is 32.1. The molecule has 1 aromatic rings. The summed E-state index contributed by atoms with van der Waals surface area (Å²) in [5.74, 6) is 1.53. The second-order valence-electron chi connectivity index (χ2n) is 4.10. The lowest BCUT2D eigenvalue weighted by molar-refractivity contribution is 0.146. The predicted octanol–water partition coefficient (Wildman–Crippen LogP) is 2.52. The summed E-state index contributed by atoms with van der Waals surface area (Å²) in [6.07, 6.45) is 0. The molecule has 16 heavy (non-hydrogen) atoms. The lowest BCUT2D eigenvalue weighted by Gasteiger charge is -2.21. The topological polar surface area (TPSA) is 30.5 Å². The van der Waals surface area contributed by atoms with E-state index >= 15 is 0 Å². The molecule has 0 radical (unpaired) electrons. The van der Waals surface area contributed by atoms with Crippen molar-refractivity contribution in [2.75, 3.05) is 20.8 Å². The molecular weight excluding hydrogens is 222 g/mol. The van der Waals surface area contributed by atoms with Gasteiger partial charge in [0.2, 0.25) is 0 Å². The van der Waals surface area contributed by atoms with Crippen molar-refractivity contribution in [3.63, 3.8) is 0 Å². The van der Waals surface area contributed by atoms with E-state index in [1.807, 2.05) is 6.07 Å². The summed E-state index contributed by atoms with van der Waals surface area (Å²) < 4.78 is 10.5. The largest absolute Gasteiger partial charge is 0.496 e. The van der Waals surface area contributed by atoms with Gasteiger partial charge in [0.25, 0.3) is 0 Å². The summed E-state index contributed by atoms with van der Waals surface area (Å²) in [5.41, 5.74) is 0. The molecule has 3 nitrogen and oxygen atoms in total. The average Bonchev–Trinajstić information content (AvgIpc) is 2.71. The third-order valence-electron chi connectivity index (χ3n) is 2.60. The molecule has 1 rings (SSSR count). The fourth-order valence-corrected chi connectivity index (χ4v) is 2.32. The molecule has 4 heteroatoms. The first-order valence-electron chi connectivity index (χ1n) is 5.51. The Morgan fingerprint density at radius 2 is 2.12 bits per heavy atom. The van der Waals surface area contributed by atoms with E-state index in [2.05, 4.69) is 24.5 Å². The minimum absolute atomic E-state index is 0.386. The molecule has 0 fully saturated rings. The van der Waals surface area contributed by atoms with Crippen molar-refractivity contribution < 1.29 is 9.47 Å². The van der Waals surface area contributed by atoms with Gasteiger partial charge in [0.15, 0.2) is 0 Å². The summed E-state index contributed by atoms with van der Waals surface area (Å²) in [6.45, 7) is 5.98. The van der Waals surface area contributed by atoms with Gasteiger partial charge in [-0.3, -0.25) is 0 Å². The molecule has 0 spiro atoms. The number of nitrogens with one attached hydrogen (secondary N) is 1. The zero-order valence-corrected chi connectivity index (χ0v) is 11.3. The SMILES string of the molecule is COCC(NCc1sccc1OC)C(C)C. The van der Waals surface area contributed by atoms with Crippen LogP contribution in [0.1, 0.15) is 18.7 Å². The van der Waals surface area contributed by atoms with E-state index in [9.17, 15) is 0 Å². The monoisotopic (exact) mass is 243 g/mol. The highest BCUT2D eigenvalue weighted by Crippen LogP contribution is 2.24. The fourth-order valence-electron chi connectivity index (χ4n) is 1.53. The van der Waals surface area contributed by atoms with Crippen molar-refractivity contribution in [2.45, 2.75) is 26.4 Å². The Hall–Kier alpha value is -0.580. The van der Waals surface area contributed by atoms with E-state index in [-0.39, 0.29) is 0 Å². The van der Waals surface area contributed by atoms with Gasteiger partial charge >= 0.3 is 0 Å². The van der Waals surface area contributed by atoms with Crippen molar-refractivity contribution in [2.24, 2.45) is 5.92 Å². The Bertz CT molecular complexity index is 299. The van der Waals surface area contributed by atoms with Gasteiger partial charge in [-0.1, -0.05) is 13.8 Å². The summed E-state index contributed by atoms with van der Waals surface area (Å²) in [6, 6.07) is 2.39. The number of rotatable bonds is 7. The molecule has 0 saturated carbocycles. The van der Waals surface area contributed by atoms with Crippen molar-refractivity contribution in [3.05, 3.63) is 16.3 Å². The molecule has 1 unspecified atom stereocenters. The van der Waals surface area contributed by atoms with Gasteiger partial charge in [0, 0.05) is 19.7 Å². The van der Waals surface area contributed by atoms with Gasteiger partial charge < -0.3 is 14.8 Å².